The maximum absolute atomic E-state index is 12.7. The van der Waals surface area contributed by atoms with Crippen molar-refractivity contribution in [1.29, 1.82) is 0 Å². The molecule has 1 amide bonds. The maximum atomic E-state index is 12.7. The van der Waals surface area contributed by atoms with Gasteiger partial charge in [0, 0.05) is 63.5 Å². The highest BCUT2D eigenvalue weighted by Crippen LogP contribution is 2.37. The zero-order chi connectivity index (χ0) is 16.5. The van der Waals surface area contributed by atoms with Crippen LogP contribution < -0.4 is 4.90 Å². The molecule has 1 aromatic rings. The van der Waals surface area contributed by atoms with Crippen molar-refractivity contribution in [2.24, 2.45) is 0 Å². The molecular formula is C19H25N3O2. The highest BCUT2D eigenvalue weighted by atomic mass is 16.1. The van der Waals surface area contributed by atoms with E-state index in [1.165, 1.54) is 29.8 Å². The van der Waals surface area contributed by atoms with Gasteiger partial charge in [0.2, 0.25) is 6.41 Å². The Bertz CT molecular complexity index is 650. The van der Waals surface area contributed by atoms with Crippen LogP contribution in [0, 0.1) is 0 Å². The van der Waals surface area contributed by atoms with Gasteiger partial charge in [0.1, 0.15) is 0 Å². The third-order valence-corrected chi connectivity index (χ3v) is 5.64. The van der Waals surface area contributed by atoms with Crippen LogP contribution >= 0.6 is 0 Å². The van der Waals surface area contributed by atoms with Crippen LogP contribution in [0.5, 0.6) is 0 Å². The van der Waals surface area contributed by atoms with Crippen molar-refractivity contribution in [3.63, 3.8) is 0 Å². The van der Waals surface area contributed by atoms with Gasteiger partial charge in [0.15, 0.2) is 5.78 Å². The molecule has 0 unspecified atom stereocenters. The van der Waals surface area contributed by atoms with Crippen LogP contribution in [0.3, 0.4) is 0 Å². The molecule has 0 radical (unpaired) electrons. The van der Waals surface area contributed by atoms with Gasteiger partial charge in [-0.15, -0.1) is 0 Å². The topological polar surface area (TPSA) is 43.9 Å². The van der Waals surface area contributed by atoms with Crippen molar-refractivity contribution in [1.82, 2.24) is 9.80 Å². The minimum atomic E-state index is 0.260. The predicted molar refractivity (Wildman–Crippen MR) is 93.7 cm³/mol. The molecular weight excluding hydrogens is 302 g/mol. The molecule has 3 heterocycles. The maximum Gasteiger partial charge on any atom is 0.209 e. The van der Waals surface area contributed by atoms with Gasteiger partial charge in [0.25, 0.3) is 0 Å². The molecule has 5 nitrogen and oxygen atoms in total. The number of amides is 1. The molecule has 1 aromatic carbocycles. The minimum absolute atomic E-state index is 0.260. The lowest BCUT2D eigenvalue weighted by atomic mass is 9.94. The van der Waals surface area contributed by atoms with Crippen molar-refractivity contribution in [3.8, 4) is 0 Å². The molecule has 0 spiro atoms. The summed E-state index contributed by atoms with van der Waals surface area (Å²) in [6, 6.07) is 4.28. The monoisotopic (exact) mass is 327 g/mol. The molecule has 0 atom stereocenters. The normalized spacial score (nSPS) is 20.2. The van der Waals surface area contributed by atoms with E-state index in [9.17, 15) is 9.59 Å². The van der Waals surface area contributed by atoms with Gasteiger partial charge in [-0.2, -0.15) is 0 Å². The van der Waals surface area contributed by atoms with E-state index >= 15 is 0 Å². The number of carbonyl (C=O) groups is 2. The van der Waals surface area contributed by atoms with Crippen molar-refractivity contribution in [2.45, 2.75) is 25.7 Å². The highest BCUT2D eigenvalue weighted by Gasteiger charge is 2.27. The number of anilines is 1. The Balaban J connectivity index is 1.40. The smallest absolute Gasteiger partial charge is 0.209 e. The number of piperazine rings is 1. The summed E-state index contributed by atoms with van der Waals surface area (Å²) in [4.78, 5) is 30.0. The summed E-state index contributed by atoms with van der Waals surface area (Å²) in [5.74, 6) is 0.260. The Labute approximate surface area is 143 Å². The quantitative estimate of drug-likeness (QED) is 0.605. The Morgan fingerprint density at radius 2 is 1.75 bits per heavy atom. The largest absolute Gasteiger partial charge is 0.371 e. The van der Waals surface area contributed by atoms with Gasteiger partial charge in [-0.05, 0) is 42.5 Å². The molecule has 0 aromatic heterocycles. The summed E-state index contributed by atoms with van der Waals surface area (Å²) in [6.45, 7) is 6.37. The third kappa shape index (κ3) is 2.93. The summed E-state index contributed by atoms with van der Waals surface area (Å²) in [6.07, 6.45) is 4.88. The van der Waals surface area contributed by atoms with Gasteiger partial charge < -0.3 is 9.80 Å². The second-order valence-corrected chi connectivity index (χ2v) is 7.14. The fourth-order valence-corrected chi connectivity index (χ4v) is 4.26. The summed E-state index contributed by atoms with van der Waals surface area (Å²) in [5, 5.41) is 0. The van der Waals surface area contributed by atoms with E-state index in [-0.39, 0.29) is 5.78 Å². The van der Waals surface area contributed by atoms with Gasteiger partial charge in [-0.3, -0.25) is 14.5 Å². The highest BCUT2D eigenvalue weighted by molar-refractivity contribution is 5.97. The number of aryl methyl sites for hydroxylation is 1. The minimum Gasteiger partial charge on any atom is -0.371 e. The Hall–Kier alpha value is -1.88. The third-order valence-electron chi connectivity index (χ3n) is 5.64. The summed E-state index contributed by atoms with van der Waals surface area (Å²) in [7, 11) is 0. The SMILES string of the molecule is O=CN1CCN(CCC(=O)c2cc3c4c(c2)CCN4CCC3)CC1. The fourth-order valence-electron chi connectivity index (χ4n) is 4.26. The number of ketones is 1. The van der Waals surface area contributed by atoms with Gasteiger partial charge in [0.05, 0.1) is 0 Å². The van der Waals surface area contributed by atoms with E-state index in [1.54, 1.807) is 4.90 Å². The summed E-state index contributed by atoms with van der Waals surface area (Å²) >= 11 is 0. The van der Waals surface area contributed by atoms with Crippen molar-refractivity contribution < 1.29 is 9.59 Å². The van der Waals surface area contributed by atoms with E-state index in [0.29, 0.717) is 6.42 Å². The lowest BCUT2D eigenvalue weighted by molar-refractivity contribution is -0.119. The number of benzene rings is 1. The Morgan fingerprint density at radius 1 is 1.00 bits per heavy atom. The molecule has 0 bridgehead atoms. The number of hydrogen-bond acceptors (Lipinski definition) is 4. The molecule has 0 aliphatic carbocycles. The Kier molecular flexibility index (Phi) is 4.27. The standard InChI is InChI=1S/C19H25N3O2/c23-14-21-10-8-20(9-11-21)6-4-18(24)17-12-15-2-1-5-22-7-3-16(13-17)19(15)22/h12-14H,1-11H2. The molecule has 1 saturated heterocycles. The van der Waals surface area contributed by atoms with Crippen LogP contribution in [-0.4, -0.2) is 67.8 Å². The van der Waals surface area contributed by atoms with Gasteiger partial charge in [-0.1, -0.05) is 0 Å². The van der Waals surface area contributed by atoms with Crippen molar-refractivity contribution in [2.75, 3.05) is 50.7 Å². The first-order valence-corrected chi connectivity index (χ1v) is 9.10. The van der Waals surface area contributed by atoms with E-state index in [2.05, 4.69) is 21.9 Å². The average Bonchev–Trinajstić information content (AvgIpc) is 3.05. The molecule has 0 N–H and O–H groups in total. The second-order valence-electron chi connectivity index (χ2n) is 7.14. The van der Waals surface area contributed by atoms with Crippen molar-refractivity contribution >= 4 is 17.9 Å². The van der Waals surface area contributed by atoms with E-state index in [1.807, 2.05) is 0 Å². The predicted octanol–water partition coefficient (Wildman–Crippen LogP) is 1.34. The first-order chi connectivity index (χ1) is 11.7. The molecule has 1 fully saturated rings. The first-order valence-electron chi connectivity index (χ1n) is 9.10. The fraction of sp³-hybridized carbons (Fsp3) is 0.579. The summed E-state index contributed by atoms with van der Waals surface area (Å²) in [5.41, 5.74) is 5.07. The van der Waals surface area contributed by atoms with Crippen LogP contribution in [0.25, 0.3) is 0 Å². The van der Waals surface area contributed by atoms with Crippen molar-refractivity contribution in [3.05, 3.63) is 28.8 Å². The molecule has 24 heavy (non-hydrogen) atoms. The lowest BCUT2D eigenvalue weighted by Gasteiger charge is -2.32. The van der Waals surface area contributed by atoms with Crippen LogP contribution in [-0.2, 0) is 17.6 Å². The molecule has 3 aliphatic heterocycles. The second kappa shape index (κ2) is 6.55. The number of carbonyl (C=O) groups excluding carboxylic acids is 2. The first kappa shape index (κ1) is 15.6. The van der Waals surface area contributed by atoms with Crippen LogP contribution in [0.4, 0.5) is 5.69 Å². The number of rotatable bonds is 5. The van der Waals surface area contributed by atoms with Crippen LogP contribution in [0.15, 0.2) is 12.1 Å². The van der Waals surface area contributed by atoms with E-state index < -0.39 is 0 Å². The number of hydrogen-bond donors (Lipinski definition) is 0. The molecule has 0 saturated carbocycles. The van der Waals surface area contributed by atoms with E-state index in [4.69, 9.17) is 0 Å². The summed E-state index contributed by atoms with van der Waals surface area (Å²) < 4.78 is 0. The number of nitrogens with zero attached hydrogens (tertiary/aromatic N) is 3. The zero-order valence-electron chi connectivity index (χ0n) is 14.2. The molecule has 5 heteroatoms. The Morgan fingerprint density at radius 3 is 2.50 bits per heavy atom. The lowest BCUT2D eigenvalue weighted by Crippen LogP contribution is -2.46. The van der Waals surface area contributed by atoms with Gasteiger partial charge >= 0.3 is 0 Å². The van der Waals surface area contributed by atoms with Crippen LogP contribution in [0.1, 0.15) is 34.3 Å². The molecule has 128 valence electrons. The van der Waals surface area contributed by atoms with Gasteiger partial charge in [-0.25, -0.2) is 0 Å². The molecule has 3 aliphatic rings. The number of Topliss-reactive ketones (excluding diaryl/α,β-unsaturated/α-hetero) is 1. The molecule has 4 rings (SSSR count). The average molecular weight is 327 g/mol. The zero-order valence-corrected chi connectivity index (χ0v) is 14.2. The van der Waals surface area contributed by atoms with Crippen LogP contribution in [0.2, 0.25) is 0 Å². The van der Waals surface area contributed by atoms with E-state index in [0.717, 1.165) is 64.1 Å².